The first kappa shape index (κ1) is 19.0. The van der Waals surface area contributed by atoms with E-state index in [0.717, 1.165) is 51.5 Å². The van der Waals surface area contributed by atoms with E-state index in [9.17, 15) is 5.26 Å². The number of piperidine rings is 1. The number of rotatable bonds is 7. The summed E-state index contributed by atoms with van der Waals surface area (Å²) in [5.41, 5.74) is 0.266. The minimum atomic E-state index is 0.266. The molecule has 3 fully saturated rings. The Hall–Kier alpha value is -1.76. The van der Waals surface area contributed by atoms with Crippen LogP contribution >= 0.6 is 0 Å². The van der Waals surface area contributed by atoms with Gasteiger partial charge in [0.05, 0.1) is 12.6 Å². The second-order valence-electron chi connectivity index (χ2n) is 7.67. The molecule has 0 atom stereocenters. The Labute approximate surface area is 158 Å². The van der Waals surface area contributed by atoms with Crippen molar-refractivity contribution in [3.63, 3.8) is 0 Å². The van der Waals surface area contributed by atoms with Crippen molar-refractivity contribution in [1.29, 1.82) is 5.26 Å². The van der Waals surface area contributed by atoms with Gasteiger partial charge in [0.15, 0.2) is 0 Å². The molecule has 0 unspecified atom stereocenters. The van der Waals surface area contributed by atoms with E-state index in [1.54, 1.807) is 0 Å². The second kappa shape index (κ2) is 9.80. The van der Waals surface area contributed by atoms with E-state index in [2.05, 4.69) is 30.5 Å². The Morgan fingerprint density at radius 1 is 0.808 bits per heavy atom. The standard InChI is InChI=1S/C20H32N6/c1-22-19(18-21)20-25(13-7-12-23-8-3-2-4-9-23)16-17-26(20)15-14-24-10-5-6-11-24/h2-17H2. The topological polar surface area (TPSA) is 41.1 Å². The van der Waals surface area contributed by atoms with Gasteiger partial charge < -0.3 is 19.6 Å². The largest absolute Gasteiger partial charge is 0.365 e. The summed E-state index contributed by atoms with van der Waals surface area (Å²) in [6.07, 6.45) is 7.75. The monoisotopic (exact) mass is 356 g/mol. The minimum Gasteiger partial charge on any atom is -0.365 e. The molecule has 0 aromatic rings. The summed E-state index contributed by atoms with van der Waals surface area (Å²) in [6.45, 7) is 18.2. The summed E-state index contributed by atoms with van der Waals surface area (Å²) in [6, 6.07) is 2.14. The van der Waals surface area contributed by atoms with Crippen LogP contribution in [0, 0.1) is 17.9 Å². The maximum atomic E-state index is 9.44. The number of hydrogen-bond acceptors (Lipinski definition) is 5. The van der Waals surface area contributed by atoms with Crippen LogP contribution in [0.2, 0.25) is 0 Å². The molecule has 0 aromatic heterocycles. The molecule has 0 aromatic carbocycles. The van der Waals surface area contributed by atoms with Gasteiger partial charge >= 0.3 is 5.70 Å². The van der Waals surface area contributed by atoms with Crippen molar-refractivity contribution >= 4 is 0 Å². The first-order valence-electron chi connectivity index (χ1n) is 10.3. The molecule has 0 amide bonds. The van der Waals surface area contributed by atoms with E-state index in [0.29, 0.717) is 0 Å². The Bertz CT molecular complexity index is 544. The van der Waals surface area contributed by atoms with Crippen molar-refractivity contribution in [1.82, 2.24) is 19.6 Å². The van der Waals surface area contributed by atoms with Crippen molar-refractivity contribution in [3.8, 4) is 6.07 Å². The number of allylic oxidation sites excluding steroid dienone is 1. The van der Waals surface area contributed by atoms with E-state index >= 15 is 0 Å². The van der Waals surface area contributed by atoms with E-state index < -0.39 is 0 Å². The average Bonchev–Trinajstić information content (AvgIpc) is 3.33. The Morgan fingerprint density at radius 2 is 1.38 bits per heavy atom. The lowest BCUT2D eigenvalue weighted by Crippen LogP contribution is -2.34. The number of likely N-dealkylation sites (tertiary alicyclic amines) is 2. The maximum absolute atomic E-state index is 9.44. The summed E-state index contributed by atoms with van der Waals surface area (Å²) in [5.74, 6) is 0.889. The van der Waals surface area contributed by atoms with E-state index in [1.165, 1.54) is 58.3 Å². The van der Waals surface area contributed by atoms with Crippen LogP contribution in [0.1, 0.15) is 38.5 Å². The summed E-state index contributed by atoms with van der Waals surface area (Å²) < 4.78 is 0. The lowest BCUT2D eigenvalue weighted by molar-refractivity contribution is 0.214. The molecule has 3 heterocycles. The van der Waals surface area contributed by atoms with Gasteiger partial charge in [0.1, 0.15) is 5.82 Å². The second-order valence-corrected chi connectivity index (χ2v) is 7.67. The highest BCUT2D eigenvalue weighted by atomic mass is 15.4. The number of nitriles is 1. The smallest absolute Gasteiger partial charge is 0.300 e. The van der Waals surface area contributed by atoms with Crippen LogP contribution in [0.5, 0.6) is 0 Å². The number of nitrogens with zero attached hydrogens (tertiary/aromatic N) is 6. The molecular weight excluding hydrogens is 324 g/mol. The van der Waals surface area contributed by atoms with Gasteiger partial charge in [0.25, 0.3) is 0 Å². The quantitative estimate of drug-likeness (QED) is 0.517. The highest BCUT2D eigenvalue weighted by Crippen LogP contribution is 2.23. The Balaban J connectivity index is 1.55. The lowest BCUT2D eigenvalue weighted by atomic mass is 10.1. The van der Waals surface area contributed by atoms with Gasteiger partial charge in [-0.25, -0.2) is 10.1 Å². The molecule has 6 heteroatoms. The molecule has 3 aliphatic rings. The van der Waals surface area contributed by atoms with Crippen LogP contribution in [-0.2, 0) is 0 Å². The minimum absolute atomic E-state index is 0.266. The first-order valence-corrected chi connectivity index (χ1v) is 10.3. The molecular formula is C20H32N6. The molecule has 142 valence electrons. The van der Waals surface area contributed by atoms with Gasteiger partial charge in [-0.3, -0.25) is 0 Å². The third-order valence-corrected chi connectivity index (χ3v) is 5.90. The van der Waals surface area contributed by atoms with Crippen LogP contribution in [0.25, 0.3) is 4.85 Å². The van der Waals surface area contributed by atoms with Gasteiger partial charge in [-0.1, -0.05) is 6.42 Å². The molecule has 3 aliphatic heterocycles. The van der Waals surface area contributed by atoms with Gasteiger partial charge in [-0.05, 0) is 64.8 Å². The van der Waals surface area contributed by atoms with Gasteiger partial charge in [-0.2, -0.15) is 0 Å². The molecule has 0 radical (unpaired) electrons. The summed E-state index contributed by atoms with van der Waals surface area (Å²) in [4.78, 5) is 13.1. The van der Waals surface area contributed by atoms with Crippen LogP contribution < -0.4 is 0 Å². The van der Waals surface area contributed by atoms with E-state index in [1.807, 2.05) is 0 Å². The molecule has 0 saturated carbocycles. The van der Waals surface area contributed by atoms with Crippen LogP contribution in [0.3, 0.4) is 0 Å². The SMILES string of the molecule is [C-]#[N+]C(C#N)=C1N(CCCN2CCCCC2)CCN1CCN1CCCC1. The van der Waals surface area contributed by atoms with Gasteiger partial charge in [0.2, 0.25) is 0 Å². The molecule has 26 heavy (non-hydrogen) atoms. The normalized spacial score (nSPS) is 23.9. The fraction of sp³-hybridized carbons (Fsp3) is 0.800. The van der Waals surface area contributed by atoms with Gasteiger partial charge in [-0.15, -0.1) is 0 Å². The third-order valence-electron chi connectivity index (χ3n) is 5.90. The van der Waals surface area contributed by atoms with Gasteiger partial charge in [0, 0.05) is 32.7 Å². The number of hydrogen-bond donors (Lipinski definition) is 0. The zero-order chi connectivity index (χ0) is 18.2. The highest BCUT2D eigenvalue weighted by Gasteiger charge is 2.28. The van der Waals surface area contributed by atoms with E-state index in [4.69, 9.17) is 6.57 Å². The van der Waals surface area contributed by atoms with Crippen molar-refractivity contribution in [2.45, 2.75) is 38.5 Å². The molecule has 3 saturated heterocycles. The lowest BCUT2D eigenvalue weighted by Gasteiger charge is -2.29. The molecule has 0 spiro atoms. The fourth-order valence-corrected chi connectivity index (χ4v) is 4.45. The van der Waals surface area contributed by atoms with Crippen molar-refractivity contribution in [2.75, 3.05) is 65.4 Å². The van der Waals surface area contributed by atoms with Crippen molar-refractivity contribution in [3.05, 3.63) is 22.9 Å². The van der Waals surface area contributed by atoms with Crippen molar-refractivity contribution in [2.24, 2.45) is 0 Å². The molecule has 3 rings (SSSR count). The summed E-state index contributed by atoms with van der Waals surface area (Å²) in [5, 5.41) is 9.44. The first-order chi connectivity index (χ1) is 12.8. The maximum Gasteiger partial charge on any atom is 0.300 e. The van der Waals surface area contributed by atoms with Crippen molar-refractivity contribution < 1.29 is 0 Å². The molecule has 6 nitrogen and oxygen atoms in total. The summed E-state index contributed by atoms with van der Waals surface area (Å²) in [7, 11) is 0. The third kappa shape index (κ3) is 4.90. The van der Waals surface area contributed by atoms with E-state index in [-0.39, 0.29) is 5.70 Å². The molecule has 0 bridgehead atoms. The zero-order valence-electron chi connectivity index (χ0n) is 16.0. The zero-order valence-corrected chi connectivity index (χ0v) is 16.0. The van der Waals surface area contributed by atoms with Crippen LogP contribution in [0.4, 0.5) is 0 Å². The molecule has 0 aliphatic carbocycles. The highest BCUT2D eigenvalue weighted by molar-refractivity contribution is 5.33. The summed E-state index contributed by atoms with van der Waals surface area (Å²) >= 11 is 0. The van der Waals surface area contributed by atoms with Crippen LogP contribution in [0.15, 0.2) is 11.5 Å². The van der Waals surface area contributed by atoms with Crippen LogP contribution in [-0.4, -0.2) is 85.0 Å². The Kier molecular flexibility index (Phi) is 7.17. The predicted octanol–water partition coefficient (Wildman–Crippen LogP) is 2.19. The molecule has 0 N–H and O–H groups in total. The Morgan fingerprint density at radius 3 is 2.00 bits per heavy atom. The average molecular weight is 357 g/mol. The fourth-order valence-electron chi connectivity index (χ4n) is 4.45. The predicted molar refractivity (Wildman–Crippen MR) is 103 cm³/mol.